The first-order valence-corrected chi connectivity index (χ1v) is 9.20. The Morgan fingerprint density at radius 3 is 2.24 bits per heavy atom. The maximum absolute atomic E-state index is 12.0. The lowest BCUT2D eigenvalue weighted by atomic mass is 10.3. The highest BCUT2D eigenvalue weighted by atomic mass is 79.9. The fourth-order valence-corrected chi connectivity index (χ4v) is 2.80. The van der Waals surface area contributed by atoms with Gasteiger partial charge in [0.2, 0.25) is 5.91 Å². The van der Waals surface area contributed by atoms with Crippen LogP contribution in [-0.4, -0.2) is 21.6 Å². The van der Waals surface area contributed by atoms with Crippen LogP contribution in [0.2, 0.25) is 0 Å². The van der Waals surface area contributed by atoms with Crippen molar-refractivity contribution in [1.29, 1.82) is 0 Å². The monoisotopic (exact) mass is 415 g/mol. The van der Waals surface area contributed by atoms with E-state index in [0.29, 0.717) is 16.6 Å². The molecule has 0 aliphatic carbocycles. The van der Waals surface area contributed by atoms with Crippen molar-refractivity contribution in [3.8, 4) is 11.5 Å². The van der Waals surface area contributed by atoms with E-state index in [4.69, 9.17) is 4.74 Å². The third kappa shape index (κ3) is 5.58. The molecule has 3 rings (SSSR count). The number of hydrogen-bond donors (Lipinski definition) is 1. The molecule has 0 saturated carbocycles. The lowest BCUT2D eigenvalue weighted by Crippen LogP contribution is -2.14. The van der Waals surface area contributed by atoms with Crippen molar-refractivity contribution in [1.82, 2.24) is 9.97 Å². The topological polar surface area (TPSA) is 64.1 Å². The molecule has 126 valence electrons. The minimum absolute atomic E-state index is 0.112. The van der Waals surface area contributed by atoms with Crippen LogP contribution in [0.4, 0.5) is 5.69 Å². The standard InChI is InChI=1S/C18H14BrN3O2S/c19-13-2-6-15(7-3-13)24-16-8-4-14(5-9-16)22-17(23)12-25-18-20-10-1-11-21-18/h1-11H,12H2,(H,22,23). The van der Waals surface area contributed by atoms with Crippen LogP contribution in [0.1, 0.15) is 0 Å². The second-order valence-electron chi connectivity index (χ2n) is 4.95. The molecule has 0 spiro atoms. The summed E-state index contributed by atoms with van der Waals surface area (Å²) in [6.07, 6.45) is 3.30. The van der Waals surface area contributed by atoms with E-state index in [1.165, 1.54) is 11.8 Å². The Hall–Kier alpha value is -2.38. The van der Waals surface area contributed by atoms with Crippen LogP contribution in [0.3, 0.4) is 0 Å². The molecule has 0 bridgehead atoms. The maximum atomic E-state index is 12.0. The summed E-state index contributed by atoms with van der Waals surface area (Å²) in [6, 6.07) is 16.5. The Balaban J connectivity index is 1.51. The van der Waals surface area contributed by atoms with Gasteiger partial charge in [0, 0.05) is 22.6 Å². The van der Waals surface area contributed by atoms with Gasteiger partial charge in [-0.2, -0.15) is 0 Å². The zero-order valence-electron chi connectivity index (χ0n) is 13.1. The summed E-state index contributed by atoms with van der Waals surface area (Å²) in [4.78, 5) is 20.1. The van der Waals surface area contributed by atoms with E-state index in [1.807, 2.05) is 36.4 Å². The largest absolute Gasteiger partial charge is 0.457 e. The Bertz CT molecular complexity index is 827. The molecule has 7 heteroatoms. The SMILES string of the molecule is O=C(CSc1ncccn1)Nc1ccc(Oc2ccc(Br)cc2)cc1. The number of anilines is 1. The van der Waals surface area contributed by atoms with E-state index >= 15 is 0 Å². The molecule has 5 nitrogen and oxygen atoms in total. The summed E-state index contributed by atoms with van der Waals surface area (Å²) in [6.45, 7) is 0. The molecule has 0 unspecified atom stereocenters. The van der Waals surface area contributed by atoms with Crippen LogP contribution in [0.25, 0.3) is 0 Å². The van der Waals surface area contributed by atoms with Gasteiger partial charge in [-0.15, -0.1) is 0 Å². The molecule has 3 aromatic rings. The van der Waals surface area contributed by atoms with Crippen LogP contribution in [0.15, 0.2) is 76.6 Å². The Labute approximate surface area is 158 Å². The molecule has 1 heterocycles. The summed E-state index contributed by atoms with van der Waals surface area (Å²) in [5, 5.41) is 3.41. The van der Waals surface area contributed by atoms with Gasteiger partial charge in [-0.05, 0) is 54.6 Å². The predicted molar refractivity (Wildman–Crippen MR) is 102 cm³/mol. The van der Waals surface area contributed by atoms with Gasteiger partial charge in [0.15, 0.2) is 5.16 Å². The van der Waals surface area contributed by atoms with E-state index in [-0.39, 0.29) is 11.7 Å². The first-order chi connectivity index (χ1) is 12.2. The zero-order valence-corrected chi connectivity index (χ0v) is 15.5. The van der Waals surface area contributed by atoms with E-state index in [1.54, 1.807) is 30.6 Å². The molecule has 0 aliphatic rings. The molecule has 1 amide bonds. The summed E-state index contributed by atoms with van der Waals surface area (Å²) < 4.78 is 6.74. The average molecular weight is 416 g/mol. The number of ether oxygens (including phenoxy) is 1. The third-order valence-corrected chi connectivity index (χ3v) is 4.47. The van der Waals surface area contributed by atoms with Gasteiger partial charge in [0.05, 0.1) is 5.75 Å². The van der Waals surface area contributed by atoms with E-state index in [2.05, 4.69) is 31.2 Å². The van der Waals surface area contributed by atoms with Gasteiger partial charge in [-0.3, -0.25) is 4.79 Å². The van der Waals surface area contributed by atoms with Crippen LogP contribution in [0, 0.1) is 0 Å². The Kier molecular flexibility index (Phi) is 6.03. The molecule has 0 aliphatic heterocycles. The number of carbonyl (C=O) groups is 1. The zero-order chi connectivity index (χ0) is 17.5. The molecule has 0 radical (unpaired) electrons. The third-order valence-electron chi connectivity index (χ3n) is 3.06. The molecule has 0 saturated heterocycles. The van der Waals surface area contributed by atoms with Crippen LogP contribution in [-0.2, 0) is 4.79 Å². The highest BCUT2D eigenvalue weighted by Crippen LogP contribution is 2.24. The number of halogens is 1. The van der Waals surface area contributed by atoms with Crippen LogP contribution < -0.4 is 10.1 Å². The van der Waals surface area contributed by atoms with Crippen molar-refractivity contribution in [3.63, 3.8) is 0 Å². The van der Waals surface area contributed by atoms with Crippen molar-refractivity contribution < 1.29 is 9.53 Å². The van der Waals surface area contributed by atoms with Gasteiger partial charge in [-0.25, -0.2) is 9.97 Å². The number of nitrogens with one attached hydrogen (secondary N) is 1. The van der Waals surface area contributed by atoms with Crippen molar-refractivity contribution in [2.45, 2.75) is 5.16 Å². The molecular weight excluding hydrogens is 402 g/mol. The molecule has 0 fully saturated rings. The number of thioether (sulfide) groups is 1. The second-order valence-corrected chi connectivity index (χ2v) is 6.81. The van der Waals surface area contributed by atoms with Gasteiger partial charge in [0.1, 0.15) is 11.5 Å². The molecule has 25 heavy (non-hydrogen) atoms. The summed E-state index contributed by atoms with van der Waals surface area (Å²) in [7, 11) is 0. The van der Waals surface area contributed by atoms with Crippen molar-refractivity contribution >= 4 is 39.3 Å². The number of nitrogens with zero attached hydrogens (tertiary/aromatic N) is 2. The van der Waals surface area contributed by atoms with Crippen LogP contribution in [0.5, 0.6) is 11.5 Å². The number of amides is 1. The Morgan fingerprint density at radius 2 is 1.60 bits per heavy atom. The second kappa shape index (κ2) is 8.64. The summed E-state index contributed by atoms with van der Waals surface area (Å²) >= 11 is 4.68. The first kappa shape index (κ1) is 17.4. The highest BCUT2D eigenvalue weighted by Gasteiger charge is 2.05. The van der Waals surface area contributed by atoms with Crippen LogP contribution >= 0.6 is 27.7 Å². The number of hydrogen-bond acceptors (Lipinski definition) is 5. The van der Waals surface area contributed by atoms with Gasteiger partial charge >= 0.3 is 0 Å². The Morgan fingerprint density at radius 1 is 1.00 bits per heavy atom. The van der Waals surface area contributed by atoms with E-state index < -0.39 is 0 Å². The molecule has 2 aromatic carbocycles. The molecule has 0 atom stereocenters. The minimum atomic E-state index is -0.112. The minimum Gasteiger partial charge on any atom is -0.457 e. The summed E-state index contributed by atoms with van der Waals surface area (Å²) in [5.74, 6) is 1.59. The highest BCUT2D eigenvalue weighted by molar-refractivity contribution is 9.10. The normalized spacial score (nSPS) is 10.3. The number of aromatic nitrogens is 2. The summed E-state index contributed by atoms with van der Waals surface area (Å²) in [5.41, 5.74) is 0.711. The van der Waals surface area contributed by atoms with Crippen molar-refractivity contribution in [3.05, 3.63) is 71.5 Å². The average Bonchev–Trinajstić information content (AvgIpc) is 2.64. The van der Waals surface area contributed by atoms with Crippen molar-refractivity contribution in [2.24, 2.45) is 0 Å². The lowest BCUT2D eigenvalue weighted by Gasteiger charge is -2.08. The molecule has 1 N–H and O–H groups in total. The quantitative estimate of drug-likeness (QED) is 0.464. The number of rotatable bonds is 6. The van der Waals surface area contributed by atoms with Gasteiger partial charge < -0.3 is 10.1 Å². The fourth-order valence-electron chi connectivity index (χ4n) is 1.93. The van der Waals surface area contributed by atoms with Gasteiger partial charge in [-0.1, -0.05) is 27.7 Å². The smallest absolute Gasteiger partial charge is 0.234 e. The number of benzene rings is 2. The van der Waals surface area contributed by atoms with Gasteiger partial charge in [0.25, 0.3) is 0 Å². The fraction of sp³-hybridized carbons (Fsp3) is 0.0556. The molecule has 1 aromatic heterocycles. The molecular formula is C18H14BrN3O2S. The maximum Gasteiger partial charge on any atom is 0.234 e. The lowest BCUT2D eigenvalue weighted by molar-refractivity contribution is -0.113. The predicted octanol–water partition coefficient (Wildman–Crippen LogP) is 4.76. The van der Waals surface area contributed by atoms with E-state index in [0.717, 1.165) is 10.2 Å². The van der Waals surface area contributed by atoms with E-state index in [9.17, 15) is 4.79 Å². The first-order valence-electron chi connectivity index (χ1n) is 7.42. The van der Waals surface area contributed by atoms with Crippen molar-refractivity contribution in [2.75, 3.05) is 11.1 Å². The number of carbonyl (C=O) groups excluding carboxylic acids is 1.